The van der Waals surface area contributed by atoms with E-state index in [0.717, 1.165) is 18.5 Å². The molecule has 0 spiro atoms. The first-order valence-corrected chi connectivity index (χ1v) is 7.07. The maximum atomic E-state index is 3.63. The second-order valence-electron chi connectivity index (χ2n) is 5.67. The van der Waals surface area contributed by atoms with Gasteiger partial charge < -0.3 is 5.32 Å². The van der Waals surface area contributed by atoms with Crippen LogP contribution < -0.4 is 5.32 Å². The monoisotopic (exact) mass is 226 g/mol. The van der Waals surface area contributed by atoms with Gasteiger partial charge in [0, 0.05) is 18.1 Å². The molecule has 0 bridgehead atoms. The molecule has 1 heterocycles. The van der Waals surface area contributed by atoms with Gasteiger partial charge in [0.1, 0.15) is 0 Å². The predicted molar refractivity (Wildman–Crippen MR) is 71.8 cm³/mol. The molecular weight excluding hydrogens is 196 g/mol. The van der Waals surface area contributed by atoms with Crippen LogP contribution in [0.15, 0.2) is 0 Å². The summed E-state index contributed by atoms with van der Waals surface area (Å²) >= 11 is 0. The molecule has 2 nitrogen and oxygen atoms in total. The molecule has 0 aromatic rings. The quantitative estimate of drug-likeness (QED) is 0.749. The lowest BCUT2D eigenvalue weighted by atomic mass is 9.99. The van der Waals surface area contributed by atoms with Crippen LogP contribution in [-0.4, -0.2) is 36.1 Å². The maximum absolute atomic E-state index is 3.63. The summed E-state index contributed by atoms with van der Waals surface area (Å²) in [6.45, 7) is 14.1. The third-order valence-corrected chi connectivity index (χ3v) is 4.07. The van der Waals surface area contributed by atoms with Crippen LogP contribution in [0, 0.1) is 5.92 Å². The van der Waals surface area contributed by atoms with Crippen molar-refractivity contribution < 1.29 is 0 Å². The van der Waals surface area contributed by atoms with Crippen LogP contribution in [0.5, 0.6) is 0 Å². The standard InChI is InChI=1S/C14H30N2/c1-6-9-15-12(4)13(5)16-10-7-8-14(16)11(2)3/h11-15H,6-10H2,1-5H3. The van der Waals surface area contributed by atoms with E-state index in [2.05, 4.69) is 44.8 Å². The highest BCUT2D eigenvalue weighted by Crippen LogP contribution is 2.26. The van der Waals surface area contributed by atoms with Gasteiger partial charge in [-0.05, 0) is 52.1 Å². The van der Waals surface area contributed by atoms with Gasteiger partial charge >= 0.3 is 0 Å². The number of rotatable bonds is 6. The van der Waals surface area contributed by atoms with Crippen LogP contribution in [0.25, 0.3) is 0 Å². The Morgan fingerprint density at radius 2 is 1.94 bits per heavy atom. The molecule has 2 heteroatoms. The van der Waals surface area contributed by atoms with E-state index in [4.69, 9.17) is 0 Å². The second kappa shape index (κ2) is 6.61. The van der Waals surface area contributed by atoms with E-state index in [-0.39, 0.29) is 0 Å². The Balaban J connectivity index is 2.48. The smallest absolute Gasteiger partial charge is 0.0221 e. The molecular formula is C14H30N2. The minimum atomic E-state index is 0.610. The molecule has 0 aliphatic carbocycles. The number of nitrogens with zero attached hydrogens (tertiary/aromatic N) is 1. The molecule has 1 fully saturated rings. The fourth-order valence-electron chi connectivity index (χ4n) is 2.87. The summed E-state index contributed by atoms with van der Waals surface area (Å²) in [5.74, 6) is 0.795. The molecule has 0 aromatic heterocycles. The largest absolute Gasteiger partial charge is 0.313 e. The van der Waals surface area contributed by atoms with Gasteiger partial charge in [0.2, 0.25) is 0 Å². The van der Waals surface area contributed by atoms with Gasteiger partial charge in [-0.1, -0.05) is 20.8 Å². The molecule has 1 N–H and O–H groups in total. The van der Waals surface area contributed by atoms with Crippen molar-refractivity contribution in [2.45, 2.75) is 72.0 Å². The molecule has 1 saturated heterocycles. The number of nitrogens with one attached hydrogen (secondary N) is 1. The fraction of sp³-hybridized carbons (Fsp3) is 1.00. The van der Waals surface area contributed by atoms with E-state index < -0.39 is 0 Å². The first-order valence-electron chi connectivity index (χ1n) is 7.07. The minimum absolute atomic E-state index is 0.610. The van der Waals surface area contributed by atoms with E-state index in [1.807, 2.05) is 0 Å². The zero-order valence-corrected chi connectivity index (χ0v) is 11.8. The molecule has 1 aliphatic rings. The lowest BCUT2D eigenvalue weighted by molar-refractivity contribution is 0.131. The van der Waals surface area contributed by atoms with Crippen LogP contribution in [0.3, 0.4) is 0 Å². The molecule has 0 amide bonds. The topological polar surface area (TPSA) is 15.3 Å². The van der Waals surface area contributed by atoms with Gasteiger partial charge in [-0.15, -0.1) is 0 Å². The number of hydrogen-bond donors (Lipinski definition) is 1. The van der Waals surface area contributed by atoms with Gasteiger partial charge in [0.05, 0.1) is 0 Å². The van der Waals surface area contributed by atoms with Crippen LogP contribution in [0.2, 0.25) is 0 Å². The van der Waals surface area contributed by atoms with E-state index in [1.54, 1.807) is 0 Å². The summed E-state index contributed by atoms with van der Waals surface area (Å²) in [7, 11) is 0. The minimum Gasteiger partial charge on any atom is -0.313 e. The van der Waals surface area contributed by atoms with Crippen molar-refractivity contribution in [2.24, 2.45) is 5.92 Å². The summed E-state index contributed by atoms with van der Waals surface area (Å²) in [6, 6.07) is 2.08. The Labute approximate surface area is 102 Å². The Hall–Kier alpha value is -0.0800. The predicted octanol–water partition coefficient (Wildman–Crippen LogP) is 2.88. The first-order chi connectivity index (χ1) is 7.57. The molecule has 1 aliphatic heterocycles. The number of likely N-dealkylation sites (tertiary alicyclic amines) is 1. The Kier molecular flexibility index (Phi) is 5.77. The van der Waals surface area contributed by atoms with Gasteiger partial charge in [-0.3, -0.25) is 4.90 Å². The normalized spacial score (nSPS) is 26.2. The van der Waals surface area contributed by atoms with Crippen LogP contribution in [0.4, 0.5) is 0 Å². The molecule has 1 rings (SSSR count). The van der Waals surface area contributed by atoms with Crippen molar-refractivity contribution in [2.75, 3.05) is 13.1 Å². The zero-order valence-electron chi connectivity index (χ0n) is 11.8. The highest BCUT2D eigenvalue weighted by Gasteiger charge is 2.32. The summed E-state index contributed by atoms with van der Waals surface area (Å²) in [5.41, 5.74) is 0. The van der Waals surface area contributed by atoms with E-state index in [1.165, 1.54) is 25.8 Å². The number of hydrogen-bond acceptors (Lipinski definition) is 2. The average Bonchev–Trinajstić information content (AvgIpc) is 2.73. The van der Waals surface area contributed by atoms with Crippen molar-refractivity contribution >= 4 is 0 Å². The van der Waals surface area contributed by atoms with Crippen molar-refractivity contribution in [3.63, 3.8) is 0 Å². The summed E-state index contributed by atoms with van der Waals surface area (Å²) in [4.78, 5) is 2.72. The average molecular weight is 226 g/mol. The van der Waals surface area contributed by atoms with E-state index in [0.29, 0.717) is 12.1 Å². The summed E-state index contributed by atoms with van der Waals surface area (Å²) in [5, 5.41) is 3.63. The summed E-state index contributed by atoms with van der Waals surface area (Å²) < 4.78 is 0. The van der Waals surface area contributed by atoms with Crippen LogP contribution in [-0.2, 0) is 0 Å². The molecule has 0 saturated carbocycles. The van der Waals surface area contributed by atoms with Gasteiger partial charge in [0.15, 0.2) is 0 Å². The lowest BCUT2D eigenvalue weighted by Crippen LogP contribution is -2.50. The van der Waals surface area contributed by atoms with Crippen LogP contribution >= 0.6 is 0 Å². The van der Waals surface area contributed by atoms with Gasteiger partial charge in [-0.2, -0.15) is 0 Å². The molecule has 0 aromatic carbocycles. The summed E-state index contributed by atoms with van der Waals surface area (Å²) in [6.07, 6.45) is 4.00. The van der Waals surface area contributed by atoms with Crippen LogP contribution in [0.1, 0.15) is 53.9 Å². The Bertz CT molecular complexity index is 191. The third-order valence-electron chi connectivity index (χ3n) is 4.07. The zero-order chi connectivity index (χ0) is 12.1. The van der Waals surface area contributed by atoms with Crippen molar-refractivity contribution in [3.05, 3.63) is 0 Å². The lowest BCUT2D eigenvalue weighted by Gasteiger charge is -2.36. The van der Waals surface area contributed by atoms with Crippen molar-refractivity contribution in [1.29, 1.82) is 0 Å². The molecule has 16 heavy (non-hydrogen) atoms. The first kappa shape index (κ1) is 14.0. The van der Waals surface area contributed by atoms with Gasteiger partial charge in [0.25, 0.3) is 0 Å². The van der Waals surface area contributed by atoms with Crippen molar-refractivity contribution in [3.8, 4) is 0 Å². The highest BCUT2D eigenvalue weighted by molar-refractivity contribution is 4.88. The van der Waals surface area contributed by atoms with E-state index >= 15 is 0 Å². The molecule has 3 unspecified atom stereocenters. The molecule has 3 atom stereocenters. The molecule has 0 radical (unpaired) electrons. The second-order valence-corrected chi connectivity index (χ2v) is 5.67. The van der Waals surface area contributed by atoms with Crippen molar-refractivity contribution in [1.82, 2.24) is 10.2 Å². The maximum Gasteiger partial charge on any atom is 0.0221 e. The van der Waals surface area contributed by atoms with E-state index in [9.17, 15) is 0 Å². The SMILES string of the molecule is CCCNC(C)C(C)N1CCCC1C(C)C. The fourth-order valence-corrected chi connectivity index (χ4v) is 2.87. The Morgan fingerprint density at radius 3 is 2.50 bits per heavy atom. The Morgan fingerprint density at radius 1 is 1.25 bits per heavy atom. The third kappa shape index (κ3) is 3.46. The van der Waals surface area contributed by atoms with Gasteiger partial charge in [-0.25, -0.2) is 0 Å². The highest BCUT2D eigenvalue weighted by atomic mass is 15.2. The molecule has 96 valence electrons.